The lowest BCUT2D eigenvalue weighted by molar-refractivity contribution is -0.127. The molecule has 1 unspecified atom stereocenters. The number of hydrogen-bond donors (Lipinski definition) is 2. The zero-order valence-corrected chi connectivity index (χ0v) is 9.27. The molecule has 0 aromatic heterocycles. The van der Waals surface area contributed by atoms with E-state index < -0.39 is 6.10 Å². The second kappa shape index (κ2) is 5.92. The fourth-order valence-electron chi connectivity index (χ4n) is 1.30. The third-order valence-corrected chi connectivity index (χ3v) is 2.15. The van der Waals surface area contributed by atoms with Gasteiger partial charge < -0.3 is 4.74 Å². The second-order valence-corrected chi connectivity index (χ2v) is 3.37. The fraction of sp³-hybridized carbons (Fsp3) is 0.250. The Morgan fingerprint density at radius 1 is 1.62 bits per heavy atom. The molecule has 86 valence electrons. The summed E-state index contributed by atoms with van der Waals surface area (Å²) in [5.74, 6) is 5.35. The van der Waals surface area contributed by atoms with Crippen LogP contribution in [-0.4, -0.2) is 12.0 Å². The van der Waals surface area contributed by atoms with E-state index in [0.717, 1.165) is 5.56 Å². The highest BCUT2D eigenvalue weighted by molar-refractivity contribution is 5.80. The number of allylic oxidation sites excluding steroid dienone is 1. The van der Waals surface area contributed by atoms with Gasteiger partial charge in [-0.15, -0.1) is 6.58 Å². The van der Waals surface area contributed by atoms with Crippen LogP contribution < -0.4 is 16.0 Å². The first kappa shape index (κ1) is 12.3. The number of nitrogens with two attached hydrogens (primary N) is 1. The van der Waals surface area contributed by atoms with Crippen molar-refractivity contribution >= 4 is 5.91 Å². The van der Waals surface area contributed by atoms with E-state index in [4.69, 9.17) is 10.6 Å². The number of benzene rings is 1. The van der Waals surface area contributed by atoms with Crippen molar-refractivity contribution in [2.24, 2.45) is 5.84 Å². The number of para-hydroxylation sites is 1. The molecule has 0 saturated heterocycles. The van der Waals surface area contributed by atoms with Gasteiger partial charge in [-0.1, -0.05) is 24.3 Å². The van der Waals surface area contributed by atoms with Crippen molar-refractivity contribution in [2.75, 3.05) is 0 Å². The third kappa shape index (κ3) is 3.10. The largest absolute Gasteiger partial charge is 0.481 e. The summed E-state index contributed by atoms with van der Waals surface area (Å²) in [5.41, 5.74) is 3.05. The van der Waals surface area contributed by atoms with Crippen LogP contribution in [0.15, 0.2) is 36.9 Å². The Morgan fingerprint density at radius 3 is 2.94 bits per heavy atom. The molecule has 1 aromatic rings. The number of nitrogens with one attached hydrogen (secondary N) is 1. The van der Waals surface area contributed by atoms with Crippen molar-refractivity contribution in [2.45, 2.75) is 19.4 Å². The number of amides is 1. The molecule has 4 heteroatoms. The van der Waals surface area contributed by atoms with Crippen LogP contribution >= 0.6 is 0 Å². The summed E-state index contributed by atoms with van der Waals surface area (Å²) >= 11 is 0. The second-order valence-electron chi connectivity index (χ2n) is 3.37. The number of hydrazine groups is 1. The van der Waals surface area contributed by atoms with Gasteiger partial charge in [0.2, 0.25) is 0 Å². The van der Waals surface area contributed by atoms with Crippen molar-refractivity contribution < 1.29 is 9.53 Å². The zero-order chi connectivity index (χ0) is 12.0. The van der Waals surface area contributed by atoms with Crippen LogP contribution in [0, 0.1) is 0 Å². The maximum atomic E-state index is 11.2. The zero-order valence-electron chi connectivity index (χ0n) is 9.27. The smallest absolute Gasteiger partial charge is 0.274 e. The van der Waals surface area contributed by atoms with Gasteiger partial charge >= 0.3 is 0 Å². The number of carbonyl (C=O) groups is 1. The molecule has 0 spiro atoms. The van der Waals surface area contributed by atoms with Gasteiger partial charge in [-0.3, -0.25) is 10.2 Å². The molecule has 1 amide bonds. The molecule has 0 bridgehead atoms. The lowest BCUT2D eigenvalue weighted by atomic mass is 10.1. The molecule has 0 aliphatic heterocycles. The van der Waals surface area contributed by atoms with E-state index in [1.807, 2.05) is 24.3 Å². The molecular weight excluding hydrogens is 204 g/mol. The Balaban J connectivity index is 2.79. The van der Waals surface area contributed by atoms with Crippen LogP contribution in [0.1, 0.15) is 12.5 Å². The minimum atomic E-state index is -0.615. The molecule has 0 aliphatic carbocycles. The Labute approximate surface area is 95.1 Å². The first-order valence-electron chi connectivity index (χ1n) is 5.05. The molecule has 3 N–H and O–H groups in total. The van der Waals surface area contributed by atoms with Gasteiger partial charge in [-0.05, 0) is 25.0 Å². The van der Waals surface area contributed by atoms with Gasteiger partial charge in [0, 0.05) is 0 Å². The predicted molar refractivity (Wildman–Crippen MR) is 62.8 cm³/mol. The topological polar surface area (TPSA) is 64.3 Å². The highest BCUT2D eigenvalue weighted by atomic mass is 16.5. The quantitative estimate of drug-likeness (QED) is 0.339. The highest BCUT2D eigenvalue weighted by Crippen LogP contribution is 2.20. The number of ether oxygens (including phenoxy) is 1. The molecule has 0 aliphatic rings. The maximum Gasteiger partial charge on any atom is 0.274 e. The molecule has 4 nitrogen and oxygen atoms in total. The standard InChI is InChI=1S/C12H16N2O2/c1-3-6-10-7-4-5-8-11(10)16-9(2)12(15)14-13/h3-5,7-9H,1,6,13H2,2H3,(H,14,15). The van der Waals surface area contributed by atoms with Crippen LogP contribution in [-0.2, 0) is 11.2 Å². The van der Waals surface area contributed by atoms with E-state index in [1.165, 1.54) is 0 Å². The van der Waals surface area contributed by atoms with Crippen LogP contribution in [0.25, 0.3) is 0 Å². The van der Waals surface area contributed by atoms with Crippen molar-refractivity contribution in [1.82, 2.24) is 5.43 Å². The minimum Gasteiger partial charge on any atom is -0.481 e. The molecule has 1 aromatic carbocycles. The number of rotatable bonds is 5. The van der Waals surface area contributed by atoms with E-state index in [2.05, 4.69) is 12.0 Å². The maximum absolute atomic E-state index is 11.2. The average Bonchev–Trinajstić information content (AvgIpc) is 2.31. The van der Waals surface area contributed by atoms with Crippen molar-refractivity contribution in [3.05, 3.63) is 42.5 Å². The number of carbonyl (C=O) groups excluding carboxylic acids is 1. The molecule has 1 rings (SSSR count). The van der Waals surface area contributed by atoms with Gasteiger partial charge in [0.25, 0.3) is 5.91 Å². The Kier molecular flexibility index (Phi) is 4.54. The first-order valence-corrected chi connectivity index (χ1v) is 5.05. The van der Waals surface area contributed by atoms with Gasteiger partial charge in [0.1, 0.15) is 5.75 Å². The lowest BCUT2D eigenvalue weighted by Crippen LogP contribution is -2.40. The van der Waals surface area contributed by atoms with Crippen molar-refractivity contribution in [1.29, 1.82) is 0 Å². The van der Waals surface area contributed by atoms with Crippen LogP contribution in [0.2, 0.25) is 0 Å². The van der Waals surface area contributed by atoms with Gasteiger partial charge in [0.05, 0.1) is 0 Å². The third-order valence-electron chi connectivity index (χ3n) is 2.15. The van der Waals surface area contributed by atoms with E-state index in [1.54, 1.807) is 13.0 Å². The molecule has 0 heterocycles. The summed E-state index contributed by atoms with van der Waals surface area (Å²) in [4.78, 5) is 11.2. The molecule has 1 atom stereocenters. The van der Waals surface area contributed by atoms with Crippen molar-refractivity contribution in [3.63, 3.8) is 0 Å². The average molecular weight is 220 g/mol. The summed E-state index contributed by atoms with van der Waals surface area (Å²) in [7, 11) is 0. The molecule has 0 saturated carbocycles. The molecule has 16 heavy (non-hydrogen) atoms. The minimum absolute atomic E-state index is 0.353. The summed E-state index contributed by atoms with van der Waals surface area (Å²) in [5, 5.41) is 0. The summed E-state index contributed by atoms with van der Waals surface area (Å²) in [6.45, 7) is 5.32. The van der Waals surface area contributed by atoms with Gasteiger partial charge in [-0.25, -0.2) is 5.84 Å². The Morgan fingerprint density at radius 2 is 2.31 bits per heavy atom. The fourth-order valence-corrected chi connectivity index (χ4v) is 1.30. The number of hydrogen-bond acceptors (Lipinski definition) is 3. The Bertz CT molecular complexity index is 377. The van der Waals surface area contributed by atoms with Crippen LogP contribution in [0.4, 0.5) is 0 Å². The molecule has 0 fully saturated rings. The monoisotopic (exact) mass is 220 g/mol. The van der Waals surface area contributed by atoms with E-state index in [-0.39, 0.29) is 5.91 Å². The predicted octanol–water partition coefficient (Wildman–Crippen LogP) is 1.17. The highest BCUT2D eigenvalue weighted by Gasteiger charge is 2.14. The SMILES string of the molecule is C=CCc1ccccc1OC(C)C(=O)NN. The normalized spacial score (nSPS) is 11.6. The molecule has 0 radical (unpaired) electrons. The molecular formula is C12H16N2O2. The van der Waals surface area contributed by atoms with E-state index >= 15 is 0 Å². The van der Waals surface area contributed by atoms with E-state index in [9.17, 15) is 4.79 Å². The lowest BCUT2D eigenvalue weighted by Gasteiger charge is -2.15. The van der Waals surface area contributed by atoms with E-state index in [0.29, 0.717) is 12.2 Å². The van der Waals surface area contributed by atoms with Crippen molar-refractivity contribution in [3.8, 4) is 5.75 Å². The van der Waals surface area contributed by atoms with Crippen LogP contribution in [0.3, 0.4) is 0 Å². The van der Waals surface area contributed by atoms with Gasteiger partial charge in [-0.2, -0.15) is 0 Å². The van der Waals surface area contributed by atoms with Gasteiger partial charge in [0.15, 0.2) is 6.10 Å². The summed E-state index contributed by atoms with van der Waals surface area (Å²) < 4.78 is 5.51. The Hall–Kier alpha value is -1.81. The van der Waals surface area contributed by atoms with Crippen LogP contribution in [0.5, 0.6) is 5.75 Å². The summed E-state index contributed by atoms with van der Waals surface area (Å²) in [6.07, 6.45) is 1.87. The first-order chi connectivity index (χ1) is 7.69. The summed E-state index contributed by atoms with van der Waals surface area (Å²) in [6, 6.07) is 7.53.